The van der Waals surface area contributed by atoms with Gasteiger partial charge in [-0.15, -0.1) is 0 Å². The van der Waals surface area contributed by atoms with Crippen LogP contribution in [0.25, 0.3) is 0 Å². The molecule has 0 aliphatic heterocycles. The molecule has 0 saturated heterocycles. The Morgan fingerprint density at radius 2 is 2.23 bits per heavy atom. The van der Waals surface area contributed by atoms with Gasteiger partial charge in [-0.3, -0.25) is 4.79 Å². The van der Waals surface area contributed by atoms with E-state index in [4.69, 9.17) is 5.73 Å². The Kier molecular flexibility index (Phi) is 5.10. The molecule has 0 spiro atoms. The quantitative estimate of drug-likeness (QED) is 0.902. The van der Waals surface area contributed by atoms with Crippen molar-refractivity contribution in [3.8, 4) is 0 Å². The topological polar surface area (TPSA) is 64.2 Å². The molecule has 1 aliphatic rings. The smallest absolute Gasteiger partial charge is 0.338 e. The molecule has 2 rings (SSSR count). The van der Waals surface area contributed by atoms with Gasteiger partial charge in [-0.05, 0) is 18.8 Å². The van der Waals surface area contributed by atoms with Crippen molar-refractivity contribution < 1.29 is 18.0 Å². The highest BCUT2D eigenvalue weighted by Gasteiger charge is 2.30. The van der Waals surface area contributed by atoms with Gasteiger partial charge in [0.2, 0.25) is 5.91 Å². The maximum absolute atomic E-state index is 12.5. The second kappa shape index (κ2) is 6.68. The van der Waals surface area contributed by atoms with Gasteiger partial charge in [-0.1, -0.05) is 6.42 Å². The first-order chi connectivity index (χ1) is 10.3. The number of hydrogen-bond donors (Lipinski definition) is 1. The third-order valence-electron chi connectivity index (χ3n) is 4.11. The Bertz CT molecular complexity index is 514. The molecule has 0 unspecified atom stereocenters. The van der Waals surface area contributed by atoms with Gasteiger partial charge < -0.3 is 15.2 Å². The van der Waals surface area contributed by atoms with Gasteiger partial charge in [0.1, 0.15) is 12.4 Å². The summed E-state index contributed by atoms with van der Waals surface area (Å²) in [5.74, 6) is 0.290. The van der Waals surface area contributed by atoms with E-state index in [0.717, 1.165) is 23.8 Å². The van der Waals surface area contributed by atoms with Crippen molar-refractivity contribution in [2.75, 3.05) is 7.05 Å². The number of carbonyl (C=O) groups is 1. The molecule has 124 valence electrons. The minimum Gasteiger partial charge on any atom is -0.338 e. The Balaban J connectivity index is 1.92. The van der Waals surface area contributed by atoms with E-state index in [1.165, 1.54) is 17.3 Å². The number of imidazole rings is 1. The fraction of sp³-hybridized carbons (Fsp3) is 0.714. The first-order valence-corrected chi connectivity index (χ1v) is 7.32. The zero-order valence-electron chi connectivity index (χ0n) is 12.5. The molecule has 1 fully saturated rings. The van der Waals surface area contributed by atoms with E-state index in [-0.39, 0.29) is 30.2 Å². The average Bonchev–Trinajstić information content (AvgIpc) is 2.98. The third-order valence-corrected chi connectivity index (χ3v) is 4.11. The van der Waals surface area contributed by atoms with Crippen LogP contribution in [0, 0.1) is 5.92 Å². The normalized spacial score (nSPS) is 22.0. The summed E-state index contributed by atoms with van der Waals surface area (Å²) in [7, 11) is 1.58. The fourth-order valence-corrected chi connectivity index (χ4v) is 2.83. The molecule has 1 aliphatic carbocycles. The molecular formula is C14H21F3N4O. The molecular weight excluding hydrogens is 297 g/mol. The van der Waals surface area contributed by atoms with Gasteiger partial charge >= 0.3 is 6.18 Å². The van der Waals surface area contributed by atoms with Crippen molar-refractivity contribution in [3.63, 3.8) is 0 Å². The molecule has 0 bridgehead atoms. The Morgan fingerprint density at radius 3 is 2.82 bits per heavy atom. The predicted molar refractivity (Wildman–Crippen MR) is 74.7 cm³/mol. The van der Waals surface area contributed by atoms with Gasteiger partial charge in [-0.2, -0.15) is 13.2 Å². The van der Waals surface area contributed by atoms with Crippen molar-refractivity contribution in [1.29, 1.82) is 0 Å². The lowest BCUT2D eigenvalue weighted by Gasteiger charge is -2.21. The van der Waals surface area contributed by atoms with Crippen molar-refractivity contribution in [1.82, 2.24) is 14.5 Å². The van der Waals surface area contributed by atoms with Crippen LogP contribution in [0.3, 0.4) is 0 Å². The summed E-state index contributed by atoms with van der Waals surface area (Å²) in [6, 6.07) is 0.0459. The molecule has 1 saturated carbocycles. The minimum atomic E-state index is -4.31. The van der Waals surface area contributed by atoms with Gasteiger partial charge in [0.25, 0.3) is 0 Å². The van der Waals surface area contributed by atoms with Gasteiger partial charge in [0.15, 0.2) is 0 Å². The lowest BCUT2D eigenvalue weighted by Crippen LogP contribution is -2.33. The van der Waals surface area contributed by atoms with Crippen LogP contribution in [0.2, 0.25) is 0 Å². The first-order valence-electron chi connectivity index (χ1n) is 7.32. The predicted octanol–water partition coefficient (Wildman–Crippen LogP) is 1.92. The second-order valence-electron chi connectivity index (χ2n) is 5.90. The number of nitrogens with zero attached hydrogens (tertiary/aromatic N) is 3. The summed E-state index contributed by atoms with van der Waals surface area (Å²) in [6.45, 7) is -1.04. The summed E-state index contributed by atoms with van der Waals surface area (Å²) < 4.78 is 38.4. The fourth-order valence-electron chi connectivity index (χ4n) is 2.83. The highest BCUT2D eigenvalue weighted by atomic mass is 19.4. The molecule has 2 N–H and O–H groups in total. The molecule has 1 aromatic rings. The highest BCUT2D eigenvalue weighted by molar-refractivity contribution is 5.76. The van der Waals surface area contributed by atoms with Crippen molar-refractivity contribution in [3.05, 3.63) is 18.2 Å². The summed E-state index contributed by atoms with van der Waals surface area (Å²) in [4.78, 5) is 17.5. The van der Waals surface area contributed by atoms with E-state index in [1.807, 2.05) is 0 Å². The van der Waals surface area contributed by atoms with Crippen LogP contribution in [0.1, 0.15) is 31.5 Å². The molecule has 0 aromatic carbocycles. The van der Waals surface area contributed by atoms with E-state index in [9.17, 15) is 18.0 Å². The van der Waals surface area contributed by atoms with Crippen LogP contribution in [0.4, 0.5) is 13.2 Å². The monoisotopic (exact) mass is 318 g/mol. The van der Waals surface area contributed by atoms with Gasteiger partial charge in [0, 0.05) is 31.9 Å². The molecule has 0 radical (unpaired) electrons. The SMILES string of the molecule is CN(Cc1nccn1CC(F)(F)F)C(=O)C[C@@H]1CCC[C@H]1N. The van der Waals surface area contributed by atoms with Crippen LogP contribution in [0.15, 0.2) is 12.4 Å². The number of nitrogens with two attached hydrogens (primary N) is 1. The Hall–Kier alpha value is -1.57. The Morgan fingerprint density at radius 1 is 1.50 bits per heavy atom. The maximum atomic E-state index is 12.5. The first kappa shape index (κ1) is 16.8. The zero-order valence-corrected chi connectivity index (χ0v) is 12.5. The van der Waals surface area contributed by atoms with Crippen LogP contribution < -0.4 is 5.73 Å². The molecule has 8 heteroatoms. The Labute approximate surface area is 127 Å². The maximum Gasteiger partial charge on any atom is 0.406 e. The van der Waals surface area contributed by atoms with E-state index in [0.29, 0.717) is 6.42 Å². The highest BCUT2D eigenvalue weighted by Crippen LogP contribution is 2.27. The van der Waals surface area contributed by atoms with Crippen LogP contribution >= 0.6 is 0 Å². The second-order valence-corrected chi connectivity index (χ2v) is 5.90. The van der Waals surface area contributed by atoms with E-state index in [1.54, 1.807) is 7.05 Å². The zero-order chi connectivity index (χ0) is 16.3. The third kappa shape index (κ3) is 4.46. The lowest BCUT2D eigenvalue weighted by molar-refractivity contribution is -0.141. The number of hydrogen-bond acceptors (Lipinski definition) is 3. The molecule has 1 amide bonds. The number of amides is 1. The standard InChI is InChI=1S/C14H21F3N4O/c1-20(13(22)7-10-3-2-4-11(10)18)8-12-19-5-6-21(12)9-14(15,16)17/h5-6,10-11H,2-4,7-9,18H2,1H3/t10-,11+/m0/s1. The van der Waals surface area contributed by atoms with Crippen molar-refractivity contribution >= 4 is 5.91 Å². The molecule has 1 heterocycles. The van der Waals surface area contributed by atoms with Crippen LogP contribution in [-0.4, -0.2) is 39.6 Å². The summed E-state index contributed by atoms with van der Waals surface area (Å²) in [5.41, 5.74) is 5.94. The number of rotatable bonds is 5. The van der Waals surface area contributed by atoms with Crippen molar-refractivity contribution in [2.24, 2.45) is 11.7 Å². The summed E-state index contributed by atoms with van der Waals surface area (Å²) >= 11 is 0. The summed E-state index contributed by atoms with van der Waals surface area (Å²) in [6.07, 6.45) is 1.51. The molecule has 2 atom stereocenters. The number of aromatic nitrogens is 2. The van der Waals surface area contributed by atoms with Crippen molar-refractivity contribution in [2.45, 2.75) is 51.0 Å². The minimum absolute atomic E-state index is 0.0459. The van der Waals surface area contributed by atoms with Gasteiger partial charge in [0.05, 0.1) is 6.54 Å². The molecule has 5 nitrogen and oxygen atoms in total. The average molecular weight is 318 g/mol. The van der Waals surface area contributed by atoms with E-state index < -0.39 is 12.7 Å². The largest absolute Gasteiger partial charge is 0.406 e. The number of alkyl halides is 3. The molecule has 22 heavy (non-hydrogen) atoms. The van der Waals surface area contributed by atoms with Gasteiger partial charge in [-0.25, -0.2) is 4.98 Å². The number of carbonyl (C=O) groups excluding carboxylic acids is 1. The van der Waals surface area contributed by atoms with Crippen LogP contribution in [-0.2, 0) is 17.9 Å². The number of halogens is 3. The lowest BCUT2D eigenvalue weighted by atomic mass is 9.99. The summed E-state index contributed by atoms with van der Waals surface area (Å²) in [5, 5.41) is 0. The van der Waals surface area contributed by atoms with Crippen LogP contribution in [0.5, 0.6) is 0 Å². The molecule has 1 aromatic heterocycles. The van der Waals surface area contributed by atoms with E-state index in [2.05, 4.69) is 4.98 Å². The van der Waals surface area contributed by atoms with E-state index >= 15 is 0 Å².